The second kappa shape index (κ2) is 9.64. The molecule has 0 radical (unpaired) electrons. The zero-order chi connectivity index (χ0) is 20.6. The van der Waals surface area contributed by atoms with Gasteiger partial charge in [0.25, 0.3) is 5.56 Å². The van der Waals surface area contributed by atoms with Gasteiger partial charge in [-0.25, -0.2) is 10.5 Å². The summed E-state index contributed by atoms with van der Waals surface area (Å²) >= 11 is 0. The maximum absolute atomic E-state index is 12.7. The van der Waals surface area contributed by atoms with Crippen LogP contribution in [0.2, 0.25) is 0 Å². The second-order valence-corrected chi connectivity index (χ2v) is 6.54. The molecule has 1 atom stereocenters. The smallest absolute Gasteiger partial charge is 0.293 e. The van der Waals surface area contributed by atoms with Crippen molar-refractivity contribution in [1.29, 1.82) is 5.41 Å². The number of hydroxylamine groups is 1. The molecule has 11 nitrogen and oxygen atoms in total. The van der Waals surface area contributed by atoms with Gasteiger partial charge in [-0.3, -0.25) is 29.4 Å². The van der Waals surface area contributed by atoms with Gasteiger partial charge >= 0.3 is 0 Å². The third-order valence-corrected chi connectivity index (χ3v) is 4.32. The van der Waals surface area contributed by atoms with Crippen molar-refractivity contribution in [3.8, 4) is 0 Å². The maximum atomic E-state index is 12.7. The first-order valence-corrected chi connectivity index (χ1v) is 9.24. The predicted molar refractivity (Wildman–Crippen MR) is 106 cm³/mol. The van der Waals surface area contributed by atoms with Crippen molar-refractivity contribution < 1.29 is 9.63 Å². The average molecular weight is 400 g/mol. The quantitative estimate of drug-likeness (QED) is 0.385. The van der Waals surface area contributed by atoms with Crippen molar-refractivity contribution in [3.05, 3.63) is 52.3 Å². The van der Waals surface area contributed by atoms with Crippen molar-refractivity contribution in [2.75, 3.05) is 25.0 Å². The van der Waals surface area contributed by atoms with E-state index in [2.05, 4.69) is 31.4 Å². The molecule has 1 unspecified atom stereocenters. The number of hydrogen-bond acceptors (Lipinski definition) is 7. The van der Waals surface area contributed by atoms with E-state index in [-0.39, 0.29) is 42.4 Å². The molecule has 3 rings (SSSR count). The molecule has 1 aliphatic rings. The van der Waals surface area contributed by atoms with E-state index in [9.17, 15) is 9.59 Å². The van der Waals surface area contributed by atoms with Crippen LogP contribution in [-0.2, 0) is 22.6 Å². The zero-order valence-electron chi connectivity index (χ0n) is 16.1. The number of pyridine rings is 1. The molecule has 0 bridgehead atoms. The summed E-state index contributed by atoms with van der Waals surface area (Å²) < 4.78 is 1.37. The fourth-order valence-corrected chi connectivity index (χ4v) is 2.72. The first-order valence-electron chi connectivity index (χ1n) is 9.24. The molecule has 0 spiro atoms. The molecule has 0 aromatic carbocycles. The molecule has 0 saturated carbocycles. The van der Waals surface area contributed by atoms with E-state index < -0.39 is 0 Å². The van der Waals surface area contributed by atoms with E-state index in [0.29, 0.717) is 25.2 Å². The van der Waals surface area contributed by atoms with Crippen LogP contribution < -0.4 is 27.0 Å². The van der Waals surface area contributed by atoms with Gasteiger partial charge in [-0.05, 0) is 19.1 Å². The monoisotopic (exact) mass is 400 g/mol. The summed E-state index contributed by atoms with van der Waals surface area (Å²) in [6.07, 6.45) is 3.62. The minimum Gasteiger partial charge on any atom is -0.365 e. The number of nitrogens with zero attached hydrogens (tertiary/aromatic N) is 3. The molecule has 1 amide bonds. The Morgan fingerprint density at radius 3 is 3.00 bits per heavy atom. The minimum atomic E-state index is -0.355. The first kappa shape index (κ1) is 20.3. The standard InChI is InChI=1S/C18H24N8O3/c1-12-8-23-16(21-7-5-13-4-2-3-6-20-13)17(28)26(12)11-15(27)22-9-14-10-24-18(19)25-29-14/h2-4,6,8,14H,5,7,9-11H2,1H3,(H,21,23)(H,22,27)(H3,19,24,25). The second-order valence-electron chi connectivity index (χ2n) is 6.54. The van der Waals surface area contributed by atoms with E-state index in [4.69, 9.17) is 10.2 Å². The summed E-state index contributed by atoms with van der Waals surface area (Å²) in [5, 5.41) is 15.9. The maximum Gasteiger partial charge on any atom is 0.293 e. The molecule has 11 heteroatoms. The number of amides is 1. The van der Waals surface area contributed by atoms with E-state index in [1.165, 1.54) is 4.57 Å². The molecule has 2 aromatic heterocycles. The highest BCUT2D eigenvalue weighted by molar-refractivity contribution is 5.76. The summed E-state index contributed by atoms with van der Waals surface area (Å²) in [7, 11) is 0. The van der Waals surface area contributed by atoms with Crippen LogP contribution >= 0.6 is 0 Å². The molecule has 0 aliphatic carbocycles. The van der Waals surface area contributed by atoms with Crippen LogP contribution in [0.1, 0.15) is 11.4 Å². The number of rotatable bonds is 8. The lowest BCUT2D eigenvalue weighted by Crippen LogP contribution is -2.53. The molecule has 1 fully saturated rings. The van der Waals surface area contributed by atoms with Crippen LogP contribution in [0.5, 0.6) is 0 Å². The normalized spacial score (nSPS) is 15.9. The number of nitrogens with one attached hydrogen (secondary N) is 5. The highest BCUT2D eigenvalue weighted by atomic mass is 16.7. The number of carbonyl (C=O) groups is 1. The van der Waals surface area contributed by atoms with Gasteiger partial charge in [0, 0.05) is 49.8 Å². The van der Waals surface area contributed by atoms with Gasteiger partial charge in [0.2, 0.25) is 11.9 Å². The summed E-state index contributed by atoms with van der Waals surface area (Å²) in [4.78, 5) is 38.5. The fourth-order valence-electron chi connectivity index (χ4n) is 2.72. The highest BCUT2D eigenvalue weighted by Crippen LogP contribution is 2.01. The fraction of sp³-hybridized carbons (Fsp3) is 0.389. The Bertz CT molecular complexity index is 905. The van der Waals surface area contributed by atoms with Crippen molar-refractivity contribution in [3.63, 3.8) is 0 Å². The molecule has 3 heterocycles. The largest absolute Gasteiger partial charge is 0.365 e. The lowest BCUT2D eigenvalue weighted by Gasteiger charge is -2.25. The Hall–Kier alpha value is -3.47. The summed E-state index contributed by atoms with van der Waals surface area (Å²) in [6.45, 7) is 2.77. The van der Waals surface area contributed by atoms with Crippen LogP contribution in [0.15, 0.2) is 35.4 Å². The van der Waals surface area contributed by atoms with Crippen LogP contribution in [0.4, 0.5) is 5.82 Å². The molecule has 1 aliphatic heterocycles. The molecular formula is C18H24N8O3. The number of hydrogen-bond donors (Lipinski definition) is 5. The lowest BCUT2D eigenvalue weighted by atomic mass is 10.3. The summed E-state index contributed by atoms with van der Waals surface area (Å²) in [5.74, 6) is -0.0402. The van der Waals surface area contributed by atoms with E-state index >= 15 is 0 Å². The van der Waals surface area contributed by atoms with Crippen molar-refractivity contribution in [2.24, 2.45) is 0 Å². The van der Waals surface area contributed by atoms with Crippen LogP contribution in [-0.4, -0.2) is 52.1 Å². The Morgan fingerprint density at radius 1 is 1.41 bits per heavy atom. The molecule has 5 N–H and O–H groups in total. The number of carbonyl (C=O) groups excluding carboxylic acids is 1. The van der Waals surface area contributed by atoms with Gasteiger partial charge in [0.1, 0.15) is 12.6 Å². The molecule has 154 valence electrons. The average Bonchev–Trinajstić information content (AvgIpc) is 2.73. The number of guanidine groups is 1. The van der Waals surface area contributed by atoms with Crippen molar-refractivity contribution in [2.45, 2.75) is 26.0 Å². The van der Waals surface area contributed by atoms with Gasteiger partial charge in [-0.2, -0.15) is 0 Å². The van der Waals surface area contributed by atoms with Crippen molar-refractivity contribution >= 4 is 17.7 Å². The number of aryl methyl sites for hydroxylation is 1. The topological polar surface area (TPSA) is 146 Å². The van der Waals surface area contributed by atoms with Gasteiger partial charge in [0.05, 0.1) is 0 Å². The van der Waals surface area contributed by atoms with E-state index in [1.807, 2.05) is 18.2 Å². The Labute approximate surface area is 167 Å². The molecular weight excluding hydrogens is 376 g/mol. The summed E-state index contributed by atoms with van der Waals surface area (Å²) in [5.41, 5.74) is 3.55. The van der Waals surface area contributed by atoms with Gasteiger partial charge in [-0.15, -0.1) is 0 Å². The SMILES string of the molecule is Cc1cnc(NCCc2ccccn2)c(=O)n1CC(=O)NCC1CNC(=N)NO1. The van der Waals surface area contributed by atoms with Gasteiger partial charge < -0.3 is 16.0 Å². The Balaban J connectivity index is 1.54. The Morgan fingerprint density at radius 2 is 2.28 bits per heavy atom. The van der Waals surface area contributed by atoms with Crippen LogP contribution in [0.3, 0.4) is 0 Å². The molecule has 29 heavy (non-hydrogen) atoms. The molecule has 1 saturated heterocycles. The van der Waals surface area contributed by atoms with Crippen LogP contribution in [0, 0.1) is 12.3 Å². The predicted octanol–water partition coefficient (Wildman–Crippen LogP) is -0.855. The first-order chi connectivity index (χ1) is 14.0. The van der Waals surface area contributed by atoms with E-state index in [0.717, 1.165) is 5.69 Å². The minimum absolute atomic E-state index is 0.0783. The third-order valence-electron chi connectivity index (χ3n) is 4.32. The summed E-state index contributed by atoms with van der Waals surface area (Å²) in [6, 6.07) is 5.67. The third kappa shape index (κ3) is 5.75. The number of anilines is 1. The zero-order valence-corrected chi connectivity index (χ0v) is 16.1. The van der Waals surface area contributed by atoms with Gasteiger partial charge in [0.15, 0.2) is 5.82 Å². The Kier molecular flexibility index (Phi) is 6.74. The van der Waals surface area contributed by atoms with Crippen LogP contribution in [0.25, 0.3) is 0 Å². The lowest BCUT2D eigenvalue weighted by molar-refractivity contribution is -0.122. The number of aromatic nitrogens is 3. The highest BCUT2D eigenvalue weighted by Gasteiger charge is 2.18. The van der Waals surface area contributed by atoms with Crippen molar-refractivity contribution in [1.82, 2.24) is 30.6 Å². The van der Waals surface area contributed by atoms with Gasteiger partial charge in [-0.1, -0.05) is 6.07 Å². The molecule has 2 aromatic rings. The van der Waals surface area contributed by atoms with E-state index in [1.54, 1.807) is 19.3 Å².